The van der Waals surface area contributed by atoms with Crippen LogP contribution in [0.15, 0.2) is 0 Å². The molecule has 0 aromatic carbocycles. The summed E-state index contributed by atoms with van der Waals surface area (Å²) in [6.07, 6.45) is 6.96. The monoisotopic (exact) mass is 299 g/mol. The number of nitrogens with zero attached hydrogens (tertiary/aromatic N) is 1. The molecule has 0 radical (unpaired) electrons. The first kappa shape index (κ1) is 16.1. The van der Waals surface area contributed by atoms with Crippen LogP contribution < -0.4 is 24.0 Å². The molecule has 0 amide bonds. The number of quaternary nitrogens is 1. The lowest BCUT2D eigenvalue weighted by Gasteiger charge is -2.31. The van der Waals surface area contributed by atoms with Crippen LogP contribution >= 0.6 is 0 Å². The predicted molar refractivity (Wildman–Crippen MR) is 56.3 cm³/mol. The average Bonchev–Trinajstić information content (AvgIpc) is 1.96. The van der Waals surface area contributed by atoms with Gasteiger partial charge in [-0.3, -0.25) is 0 Å². The number of hydrogen-bond acceptors (Lipinski definition) is 0. The summed E-state index contributed by atoms with van der Waals surface area (Å²) < 4.78 is 1.10. The smallest absolute Gasteiger partial charge is 0.0855 e. The molecule has 1 nitrogen and oxygen atoms in total. The van der Waals surface area contributed by atoms with Crippen molar-refractivity contribution in [3.63, 3.8) is 0 Å². The van der Waals surface area contributed by atoms with Gasteiger partial charge in [0.05, 0.1) is 27.2 Å². The first-order valence-electron chi connectivity index (χ1n) is 5.29. The van der Waals surface area contributed by atoms with Crippen LogP contribution in [0.25, 0.3) is 0 Å². The van der Waals surface area contributed by atoms with Gasteiger partial charge in [0.2, 0.25) is 0 Å². The zero-order valence-corrected chi connectivity index (χ0v) is 12.1. The maximum Gasteiger partial charge on any atom is 0.0855 e. The lowest BCUT2D eigenvalue weighted by molar-refractivity contribution is -0.894. The number of rotatable bonds is 6. The van der Waals surface area contributed by atoms with Gasteiger partial charge in [0.15, 0.2) is 0 Å². The first-order valence-corrected chi connectivity index (χ1v) is 5.29. The molecule has 0 bridgehead atoms. The Balaban J connectivity index is 0. The Morgan fingerprint density at radius 2 is 1.54 bits per heavy atom. The molecule has 1 unspecified atom stereocenters. The van der Waals surface area contributed by atoms with E-state index in [9.17, 15) is 0 Å². The van der Waals surface area contributed by atoms with Crippen molar-refractivity contribution in [2.45, 2.75) is 52.0 Å². The Morgan fingerprint density at radius 1 is 1.00 bits per heavy atom. The summed E-state index contributed by atoms with van der Waals surface area (Å²) in [7, 11) is 6.85. The van der Waals surface area contributed by atoms with Gasteiger partial charge in [-0.15, -0.1) is 0 Å². The largest absolute Gasteiger partial charge is 1.00 e. The maximum atomic E-state index is 2.35. The molecule has 0 heterocycles. The lowest BCUT2D eigenvalue weighted by atomic mass is 10.1. The molecular formula is C11H26IN. The predicted octanol–water partition coefficient (Wildman–Crippen LogP) is 0.0555. The Kier molecular flexibility index (Phi) is 9.97. The molecule has 0 aromatic heterocycles. The highest BCUT2D eigenvalue weighted by Gasteiger charge is 2.16. The molecular weight excluding hydrogens is 273 g/mol. The van der Waals surface area contributed by atoms with Gasteiger partial charge in [0.1, 0.15) is 0 Å². The molecule has 0 aliphatic heterocycles. The minimum atomic E-state index is 0. The third-order valence-corrected chi connectivity index (χ3v) is 2.80. The van der Waals surface area contributed by atoms with E-state index in [0.29, 0.717) is 0 Å². The van der Waals surface area contributed by atoms with Gasteiger partial charge in [-0.25, -0.2) is 0 Å². The fourth-order valence-corrected chi connectivity index (χ4v) is 1.25. The van der Waals surface area contributed by atoms with Gasteiger partial charge in [0, 0.05) is 0 Å². The van der Waals surface area contributed by atoms with Crippen LogP contribution in [0.4, 0.5) is 0 Å². The van der Waals surface area contributed by atoms with Crippen LogP contribution in [0.2, 0.25) is 0 Å². The number of halogens is 1. The molecule has 0 aliphatic rings. The summed E-state index contributed by atoms with van der Waals surface area (Å²) >= 11 is 0. The standard InChI is InChI=1S/C11H26N.HI/c1-6-7-8-9-10-11(2)12(3,4)5;/h11H,6-10H2,1-5H3;1H/q+1;/p-1. The van der Waals surface area contributed by atoms with E-state index < -0.39 is 0 Å². The molecule has 0 spiro atoms. The summed E-state index contributed by atoms with van der Waals surface area (Å²) in [6.45, 7) is 4.62. The van der Waals surface area contributed by atoms with E-state index in [1.54, 1.807) is 0 Å². The quantitative estimate of drug-likeness (QED) is 0.369. The van der Waals surface area contributed by atoms with Gasteiger partial charge in [-0.05, 0) is 19.8 Å². The normalized spacial score (nSPS) is 13.6. The molecule has 0 fully saturated rings. The average molecular weight is 299 g/mol. The van der Waals surface area contributed by atoms with Crippen LogP contribution in [-0.2, 0) is 0 Å². The Hall–Kier alpha value is 0.690. The van der Waals surface area contributed by atoms with Gasteiger partial charge in [-0.2, -0.15) is 0 Å². The summed E-state index contributed by atoms with van der Waals surface area (Å²) in [6, 6.07) is 0.807. The fraction of sp³-hybridized carbons (Fsp3) is 1.00. The van der Waals surface area contributed by atoms with Crippen molar-refractivity contribution in [1.82, 2.24) is 0 Å². The SMILES string of the molecule is CCCCCCC(C)[N+](C)(C)C.[I-]. The van der Waals surface area contributed by atoms with Crippen molar-refractivity contribution in [3.8, 4) is 0 Å². The number of hydrogen-bond donors (Lipinski definition) is 0. The van der Waals surface area contributed by atoms with Gasteiger partial charge in [-0.1, -0.05) is 26.2 Å². The summed E-state index contributed by atoms with van der Waals surface area (Å²) in [5, 5.41) is 0. The van der Waals surface area contributed by atoms with Crippen LogP contribution in [0.5, 0.6) is 0 Å². The Bertz CT molecular complexity index is 107. The van der Waals surface area contributed by atoms with E-state index in [4.69, 9.17) is 0 Å². The first-order chi connectivity index (χ1) is 5.48. The second-order valence-electron chi connectivity index (χ2n) is 4.81. The van der Waals surface area contributed by atoms with E-state index in [2.05, 4.69) is 35.0 Å². The molecule has 82 valence electrons. The Labute approximate surface area is 102 Å². The molecule has 2 heteroatoms. The van der Waals surface area contributed by atoms with Crippen LogP contribution in [0, 0.1) is 0 Å². The highest BCUT2D eigenvalue weighted by atomic mass is 127. The van der Waals surface area contributed by atoms with E-state index in [1.165, 1.54) is 32.1 Å². The second kappa shape index (κ2) is 8.04. The minimum Gasteiger partial charge on any atom is -1.00 e. The van der Waals surface area contributed by atoms with Crippen molar-refractivity contribution >= 4 is 0 Å². The van der Waals surface area contributed by atoms with Crippen molar-refractivity contribution < 1.29 is 28.5 Å². The molecule has 0 aliphatic carbocycles. The van der Waals surface area contributed by atoms with Crippen molar-refractivity contribution in [1.29, 1.82) is 0 Å². The molecule has 0 aromatic rings. The summed E-state index contributed by atoms with van der Waals surface area (Å²) in [5.41, 5.74) is 0. The zero-order valence-electron chi connectivity index (χ0n) is 9.94. The third-order valence-electron chi connectivity index (χ3n) is 2.80. The van der Waals surface area contributed by atoms with Crippen LogP contribution in [0.1, 0.15) is 46.0 Å². The van der Waals surface area contributed by atoms with Gasteiger partial charge >= 0.3 is 0 Å². The van der Waals surface area contributed by atoms with E-state index >= 15 is 0 Å². The third kappa shape index (κ3) is 9.01. The van der Waals surface area contributed by atoms with Gasteiger partial charge < -0.3 is 28.5 Å². The van der Waals surface area contributed by atoms with Crippen molar-refractivity contribution in [3.05, 3.63) is 0 Å². The minimum absolute atomic E-state index is 0. The highest BCUT2D eigenvalue weighted by molar-refractivity contribution is 4.50. The molecule has 0 saturated carbocycles. The van der Waals surface area contributed by atoms with Gasteiger partial charge in [0.25, 0.3) is 0 Å². The topological polar surface area (TPSA) is 0 Å². The summed E-state index contributed by atoms with van der Waals surface area (Å²) in [4.78, 5) is 0. The van der Waals surface area contributed by atoms with Crippen LogP contribution in [0.3, 0.4) is 0 Å². The lowest BCUT2D eigenvalue weighted by Crippen LogP contribution is -3.00. The maximum absolute atomic E-state index is 2.35. The number of unbranched alkanes of at least 4 members (excludes halogenated alkanes) is 3. The highest BCUT2D eigenvalue weighted by Crippen LogP contribution is 2.12. The summed E-state index contributed by atoms with van der Waals surface area (Å²) in [5.74, 6) is 0. The Morgan fingerprint density at radius 3 is 1.92 bits per heavy atom. The second-order valence-corrected chi connectivity index (χ2v) is 4.81. The van der Waals surface area contributed by atoms with Crippen LogP contribution in [-0.4, -0.2) is 31.7 Å². The van der Waals surface area contributed by atoms with E-state index in [-0.39, 0.29) is 24.0 Å². The zero-order chi connectivity index (χ0) is 9.61. The molecule has 0 rings (SSSR count). The van der Waals surface area contributed by atoms with E-state index in [0.717, 1.165) is 10.5 Å². The van der Waals surface area contributed by atoms with E-state index in [1.807, 2.05) is 0 Å². The molecule has 0 N–H and O–H groups in total. The van der Waals surface area contributed by atoms with Crippen molar-refractivity contribution in [2.24, 2.45) is 0 Å². The molecule has 1 atom stereocenters. The van der Waals surface area contributed by atoms with Crippen molar-refractivity contribution in [2.75, 3.05) is 21.1 Å². The fourth-order valence-electron chi connectivity index (χ4n) is 1.25. The molecule has 13 heavy (non-hydrogen) atoms. The molecule has 0 saturated heterocycles.